The Bertz CT molecular complexity index is 668. The van der Waals surface area contributed by atoms with Crippen LogP contribution < -0.4 is 5.32 Å². The fraction of sp³-hybridized carbons (Fsp3) is 0.357. The van der Waals surface area contributed by atoms with E-state index in [9.17, 15) is 9.59 Å². The SMILES string of the molecule is O=C(O)c1cn(CCNC(=O)c2cc3c(s2)CCC3)cn1. The molecule has 0 aliphatic heterocycles. The molecule has 6 nitrogen and oxygen atoms in total. The highest BCUT2D eigenvalue weighted by Crippen LogP contribution is 2.30. The summed E-state index contributed by atoms with van der Waals surface area (Å²) in [6, 6.07) is 1.99. The van der Waals surface area contributed by atoms with Gasteiger partial charge in [-0.3, -0.25) is 4.79 Å². The van der Waals surface area contributed by atoms with Crippen LogP contribution in [0.3, 0.4) is 0 Å². The molecule has 0 radical (unpaired) electrons. The van der Waals surface area contributed by atoms with Crippen LogP contribution in [-0.2, 0) is 19.4 Å². The number of nitrogens with zero attached hydrogens (tertiary/aromatic N) is 2. The van der Waals surface area contributed by atoms with Crippen molar-refractivity contribution in [2.45, 2.75) is 25.8 Å². The Labute approximate surface area is 125 Å². The van der Waals surface area contributed by atoms with Gasteiger partial charge in [-0.25, -0.2) is 9.78 Å². The molecule has 2 N–H and O–H groups in total. The standard InChI is InChI=1S/C14H15N3O3S/c18-13(12-6-9-2-1-3-11(9)21-12)15-4-5-17-7-10(14(19)20)16-8-17/h6-8H,1-5H2,(H,15,18)(H,19,20). The quantitative estimate of drug-likeness (QED) is 0.878. The molecule has 2 aromatic rings. The molecule has 0 unspecified atom stereocenters. The predicted molar refractivity (Wildman–Crippen MR) is 77.9 cm³/mol. The summed E-state index contributed by atoms with van der Waals surface area (Å²) in [5.74, 6) is -1.11. The largest absolute Gasteiger partial charge is 0.476 e. The molecule has 0 fully saturated rings. The number of imidazole rings is 1. The average molecular weight is 305 g/mol. The Hall–Kier alpha value is -2.15. The second-order valence-electron chi connectivity index (χ2n) is 4.97. The number of aromatic nitrogens is 2. The van der Waals surface area contributed by atoms with E-state index >= 15 is 0 Å². The monoisotopic (exact) mass is 305 g/mol. The molecule has 3 rings (SSSR count). The van der Waals surface area contributed by atoms with Gasteiger partial charge in [0.1, 0.15) is 0 Å². The fourth-order valence-corrected chi connectivity index (χ4v) is 3.59. The third kappa shape index (κ3) is 2.97. The molecule has 1 aliphatic carbocycles. The number of carboxylic acids is 1. The lowest BCUT2D eigenvalue weighted by atomic mass is 10.2. The lowest BCUT2D eigenvalue weighted by molar-refractivity contribution is 0.0690. The van der Waals surface area contributed by atoms with Gasteiger partial charge in [0.2, 0.25) is 0 Å². The van der Waals surface area contributed by atoms with Crippen molar-refractivity contribution in [2.24, 2.45) is 0 Å². The maximum atomic E-state index is 12.0. The number of carbonyl (C=O) groups excluding carboxylic acids is 1. The van der Waals surface area contributed by atoms with Gasteiger partial charge in [-0.05, 0) is 30.9 Å². The Morgan fingerprint density at radius 1 is 1.43 bits per heavy atom. The number of aryl methyl sites for hydroxylation is 2. The van der Waals surface area contributed by atoms with Gasteiger partial charge < -0.3 is 15.0 Å². The summed E-state index contributed by atoms with van der Waals surface area (Å²) in [6.07, 6.45) is 6.26. The molecule has 0 atom stereocenters. The van der Waals surface area contributed by atoms with Crippen LogP contribution in [0.5, 0.6) is 0 Å². The van der Waals surface area contributed by atoms with E-state index in [0.29, 0.717) is 13.1 Å². The van der Waals surface area contributed by atoms with E-state index in [4.69, 9.17) is 5.11 Å². The summed E-state index contributed by atoms with van der Waals surface area (Å²) < 4.78 is 1.65. The number of hydrogen-bond donors (Lipinski definition) is 2. The molecule has 7 heteroatoms. The van der Waals surface area contributed by atoms with Crippen molar-refractivity contribution in [2.75, 3.05) is 6.54 Å². The van der Waals surface area contributed by atoms with Crippen LogP contribution in [0, 0.1) is 0 Å². The van der Waals surface area contributed by atoms with Gasteiger partial charge in [0, 0.05) is 24.2 Å². The van der Waals surface area contributed by atoms with E-state index in [1.54, 1.807) is 15.9 Å². The molecule has 0 aromatic carbocycles. The normalized spacial score (nSPS) is 13.1. The molecular weight excluding hydrogens is 290 g/mol. The van der Waals surface area contributed by atoms with Gasteiger partial charge in [-0.1, -0.05) is 0 Å². The smallest absolute Gasteiger partial charge is 0.356 e. The zero-order valence-corrected chi connectivity index (χ0v) is 12.2. The number of fused-ring (bicyclic) bond motifs is 1. The number of carbonyl (C=O) groups is 2. The third-order valence-electron chi connectivity index (χ3n) is 3.48. The van der Waals surface area contributed by atoms with E-state index < -0.39 is 5.97 Å². The van der Waals surface area contributed by atoms with Gasteiger partial charge >= 0.3 is 5.97 Å². The van der Waals surface area contributed by atoms with Gasteiger partial charge in [0.05, 0.1) is 11.2 Å². The Kier molecular flexibility index (Phi) is 3.74. The van der Waals surface area contributed by atoms with Gasteiger partial charge in [-0.15, -0.1) is 11.3 Å². The second kappa shape index (κ2) is 5.69. The van der Waals surface area contributed by atoms with E-state index in [2.05, 4.69) is 10.3 Å². The average Bonchev–Trinajstić information content (AvgIpc) is 3.13. The lowest BCUT2D eigenvalue weighted by Gasteiger charge is -2.04. The molecule has 110 valence electrons. The van der Waals surface area contributed by atoms with Crippen LogP contribution in [0.4, 0.5) is 0 Å². The summed E-state index contributed by atoms with van der Waals surface area (Å²) in [5, 5.41) is 11.6. The van der Waals surface area contributed by atoms with E-state index in [1.165, 1.54) is 29.4 Å². The van der Waals surface area contributed by atoms with Crippen LogP contribution in [-0.4, -0.2) is 33.1 Å². The maximum absolute atomic E-state index is 12.0. The molecule has 1 amide bonds. The van der Waals surface area contributed by atoms with E-state index in [-0.39, 0.29) is 11.6 Å². The minimum absolute atomic E-state index is 0.0102. The fourth-order valence-electron chi connectivity index (χ4n) is 2.42. The first kappa shape index (κ1) is 13.8. The zero-order chi connectivity index (χ0) is 14.8. The molecule has 0 spiro atoms. The second-order valence-corrected chi connectivity index (χ2v) is 6.11. The number of nitrogens with one attached hydrogen (secondary N) is 1. The van der Waals surface area contributed by atoms with E-state index in [1.807, 2.05) is 6.07 Å². The highest BCUT2D eigenvalue weighted by molar-refractivity contribution is 7.14. The van der Waals surface area contributed by atoms with Crippen LogP contribution in [0.2, 0.25) is 0 Å². The number of carboxylic acid groups (broad SMARTS) is 1. The lowest BCUT2D eigenvalue weighted by Crippen LogP contribution is -2.26. The van der Waals surface area contributed by atoms with Crippen molar-refractivity contribution in [3.8, 4) is 0 Å². The first-order valence-electron chi connectivity index (χ1n) is 6.78. The van der Waals surface area contributed by atoms with Gasteiger partial charge in [0.15, 0.2) is 5.69 Å². The highest BCUT2D eigenvalue weighted by Gasteiger charge is 2.18. The Balaban J connectivity index is 1.52. The van der Waals surface area contributed by atoms with Crippen LogP contribution in [0.1, 0.15) is 37.0 Å². The maximum Gasteiger partial charge on any atom is 0.356 e. The number of thiophene rings is 1. The van der Waals surface area contributed by atoms with Crippen molar-refractivity contribution in [3.05, 3.63) is 39.6 Å². The van der Waals surface area contributed by atoms with E-state index in [0.717, 1.165) is 17.7 Å². The summed E-state index contributed by atoms with van der Waals surface area (Å²) in [7, 11) is 0. The summed E-state index contributed by atoms with van der Waals surface area (Å²) in [5.41, 5.74) is 1.32. The molecule has 2 aromatic heterocycles. The molecule has 0 bridgehead atoms. The molecule has 0 saturated heterocycles. The molecular formula is C14H15N3O3S. The van der Waals surface area contributed by atoms with Gasteiger partial charge in [0.25, 0.3) is 5.91 Å². The summed E-state index contributed by atoms with van der Waals surface area (Å²) >= 11 is 1.58. The first-order valence-corrected chi connectivity index (χ1v) is 7.60. The number of hydrogen-bond acceptors (Lipinski definition) is 4. The van der Waals surface area contributed by atoms with Crippen LogP contribution in [0.15, 0.2) is 18.6 Å². The molecule has 2 heterocycles. The third-order valence-corrected chi connectivity index (χ3v) is 4.71. The minimum Gasteiger partial charge on any atom is -0.476 e. The van der Waals surface area contributed by atoms with Crippen molar-refractivity contribution >= 4 is 23.2 Å². The van der Waals surface area contributed by atoms with Gasteiger partial charge in [-0.2, -0.15) is 0 Å². The Morgan fingerprint density at radius 2 is 2.29 bits per heavy atom. The predicted octanol–water partition coefficient (Wildman–Crippen LogP) is 1.56. The van der Waals surface area contributed by atoms with Crippen LogP contribution in [0.25, 0.3) is 0 Å². The van der Waals surface area contributed by atoms with Crippen molar-refractivity contribution in [1.29, 1.82) is 0 Å². The number of aromatic carboxylic acids is 1. The zero-order valence-electron chi connectivity index (χ0n) is 11.3. The number of amides is 1. The number of rotatable bonds is 5. The van der Waals surface area contributed by atoms with Crippen LogP contribution >= 0.6 is 11.3 Å². The molecule has 0 saturated carbocycles. The molecule has 1 aliphatic rings. The Morgan fingerprint density at radius 3 is 3.00 bits per heavy atom. The van der Waals surface area contributed by atoms with Crippen molar-refractivity contribution in [1.82, 2.24) is 14.9 Å². The minimum atomic E-state index is -1.05. The first-order chi connectivity index (χ1) is 10.1. The highest BCUT2D eigenvalue weighted by atomic mass is 32.1. The van der Waals surface area contributed by atoms with Crippen molar-refractivity contribution in [3.63, 3.8) is 0 Å². The topological polar surface area (TPSA) is 84.2 Å². The molecule has 21 heavy (non-hydrogen) atoms. The summed E-state index contributed by atoms with van der Waals surface area (Å²) in [4.78, 5) is 28.6. The van der Waals surface area contributed by atoms with Crippen molar-refractivity contribution < 1.29 is 14.7 Å². The summed E-state index contributed by atoms with van der Waals surface area (Å²) in [6.45, 7) is 0.938.